The molecular formula is C28H46N2O4. The van der Waals surface area contributed by atoms with Gasteiger partial charge < -0.3 is 15.0 Å². The van der Waals surface area contributed by atoms with E-state index in [1.807, 2.05) is 58.0 Å². The lowest BCUT2D eigenvalue weighted by Gasteiger charge is -2.32. The Hall–Kier alpha value is -2.63. The predicted octanol–water partition coefficient (Wildman–Crippen LogP) is 5.27. The molecule has 0 heterocycles. The van der Waals surface area contributed by atoms with Crippen LogP contribution in [0.1, 0.15) is 80.2 Å². The van der Waals surface area contributed by atoms with Crippen LogP contribution < -0.4 is 5.32 Å². The third-order valence-corrected chi connectivity index (χ3v) is 5.91. The normalized spacial score (nSPS) is 12.4. The van der Waals surface area contributed by atoms with Crippen molar-refractivity contribution in [2.24, 2.45) is 5.92 Å². The van der Waals surface area contributed by atoms with Crippen molar-refractivity contribution in [3.8, 4) is 0 Å². The van der Waals surface area contributed by atoms with E-state index in [1.165, 1.54) is 6.42 Å². The van der Waals surface area contributed by atoms with Crippen LogP contribution in [0.15, 0.2) is 42.0 Å². The second kappa shape index (κ2) is 16.1. The molecule has 0 radical (unpaired) electrons. The van der Waals surface area contributed by atoms with E-state index in [1.54, 1.807) is 31.9 Å². The van der Waals surface area contributed by atoms with Crippen molar-refractivity contribution in [2.45, 2.75) is 86.1 Å². The van der Waals surface area contributed by atoms with Crippen molar-refractivity contribution in [1.29, 1.82) is 0 Å². The molecule has 2 amide bonds. The molecule has 1 N–H and O–H groups in total. The van der Waals surface area contributed by atoms with Crippen LogP contribution in [-0.2, 0) is 24.5 Å². The Labute approximate surface area is 207 Å². The molecule has 1 atom stereocenters. The van der Waals surface area contributed by atoms with Crippen LogP contribution >= 0.6 is 0 Å². The van der Waals surface area contributed by atoms with E-state index in [-0.39, 0.29) is 36.3 Å². The van der Waals surface area contributed by atoms with Crippen molar-refractivity contribution in [3.63, 3.8) is 0 Å². The van der Waals surface area contributed by atoms with Gasteiger partial charge in [-0.1, -0.05) is 84.4 Å². The minimum Gasteiger partial charge on any atom is -0.463 e. The van der Waals surface area contributed by atoms with Crippen LogP contribution in [0.2, 0.25) is 0 Å². The van der Waals surface area contributed by atoms with Gasteiger partial charge in [-0.2, -0.15) is 0 Å². The molecule has 1 aromatic rings. The number of rotatable bonds is 11. The molecule has 1 aromatic carbocycles. The Kier molecular flexibility index (Phi) is 14.8. The Balaban J connectivity index is 0.00000343. The number of nitrogens with zero attached hydrogens (tertiary/aromatic N) is 1. The summed E-state index contributed by atoms with van der Waals surface area (Å²) in [6.07, 6.45) is 4.29. The molecule has 6 heteroatoms. The second-order valence-corrected chi connectivity index (χ2v) is 8.85. The van der Waals surface area contributed by atoms with E-state index in [2.05, 4.69) is 19.2 Å². The third kappa shape index (κ3) is 8.96. The lowest BCUT2D eigenvalue weighted by molar-refractivity contribution is -0.138. The van der Waals surface area contributed by atoms with E-state index in [9.17, 15) is 14.4 Å². The van der Waals surface area contributed by atoms with Gasteiger partial charge in [0.25, 0.3) is 0 Å². The standard InChI is InChI=1S/C25H38N2O4.C3H8/c1-8-25(9-2,20-14-12-11-13-15-20)24(30)26-17-22(28)27(7)21(18(4)5)16-19(6)23(29)31-10-3;1-3-2/h11-16,18,21H,8-10,17H2,1-7H3,(H,26,30);3H2,1-2H3/b19-16+;/t21-;/m1./s1. The van der Waals surface area contributed by atoms with Gasteiger partial charge in [-0.05, 0) is 38.2 Å². The molecule has 0 aliphatic carbocycles. The highest BCUT2D eigenvalue weighted by atomic mass is 16.5. The number of benzene rings is 1. The molecule has 0 spiro atoms. The molecule has 1 rings (SSSR count). The highest BCUT2D eigenvalue weighted by Crippen LogP contribution is 2.31. The van der Waals surface area contributed by atoms with Crippen molar-refractivity contribution in [2.75, 3.05) is 20.2 Å². The first-order valence-electron chi connectivity index (χ1n) is 12.5. The summed E-state index contributed by atoms with van der Waals surface area (Å²) in [5, 5.41) is 2.85. The maximum absolute atomic E-state index is 13.1. The first-order chi connectivity index (χ1) is 16.1. The average molecular weight is 475 g/mol. The number of likely N-dealkylation sites (N-methyl/N-ethyl adjacent to an activating group) is 1. The van der Waals surface area contributed by atoms with Crippen molar-refractivity contribution in [1.82, 2.24) is 10.2 Å². The highest BCUT2D eigenvalue weighted by molar-refractivity contribution is 5.92. The molecule has 6 nitrogen and oxygen atoms in total. The van der Waals surface area contributed by atoms with Gasteiger partial charge in [0.1, 0.15) is 0 Å². The van der Waals surface area contributed by atoms with Gasteiger partial charge >= 0.3 is 5.97 Å². The Morgan fingerprint density at radius 1 is 1.03 bits per heavy atom. The molecule has 34 heavy (non-hydrogen) atoms. The first kappa shape index (κ1) is 31.4. The lowest BCUT2D eigenvalue weighted by atomic mass is 9.75. The van der Waals surface area contributed by atoms with Gasteiger partial charge in [0.15, 0.2) is 0 Å². The number of esters is 1. The summed E-state index contributed by atoms with van der Waals surface area (Å²) < 4.78 is 5.04. The van der Waals surface area contributed by atoms with E-state index in [4.69, 9.17) is 4.74 Å². The van der Waals surface area contributed by atoms with E-state index < -0.39 is 5.41 Å². The van der Waals surface area contributed by atoms with Crippen molar-refractivity contribution in [3.05, 3.63) is 47.5 Å². The summed E-state index contributed by atoms with van der Waals surface area (Å²) in [5.41, 5.74) is 0.744. The van der Waals surface area contributed by atoms with Crippen LogP contribution in [0.25, 0.3) is 0 Å². The van der Waals surface area contributed by atoms with Crippen LogP contribution in [0.5, 0.6) is 0 Å². The fourth-order valence-corrected chi connectivity index (χ4v) is 3.80. The summed E-state index contributed by atoms with van der Waals surface area (Å²) in [4.78, 5) is 39.6. The fourth-order valence-electron chi connectivity index (χ4n) is 3.80. The number of carbonyl (C=O) groups excluding carboxylic acids is 3. The first-order valence-corrected chi connectivity index (χ1v) is 12.5. The minimum atomic E-state index is -0.669. The summed E-state index contributed by atoms with van der Waals surface area (Å²) in [6, 6.07) is 9.40. The largest absolute Gasteiger partial charge is 0.463 e. The lowest BCUT2D eigenvalue weighted by Crippen LogP contribution is -2.49. The second-order valence-electron chi connectivity index (χ2n) is 8.85. The molecule has 0 aliphatic heterocycles. The minimum absolute atomic E-state index is 0.0868. The number of nitrogens with one attached hydrogen (secondary N) is 1. The summed E-state index contributed by atoms with van der Waals surface area (Å²) in [5.74, 6) is -0.663. The zero-order valence-electron chi connectivity index (χ0n) is 22.7. The van der Waals surface area contributed by atoms with Gasteiger partial charge in [0.2, 0.25) is 11.8 Å². The maximum Gasteiger partial charge on any atom is 0.333 e. The molecule has 192 valence electrons. The highest BCUT2D eigenvalue weighted by Gasteiger charge is 2.37. The smallest absolute Gasteiger partial charge is 0.333 e. The Morgan fingerprint density at radius 3 is 2.00 bits per heavy atom. The van der Waals surface area contributed by atoms with Crippen LogP contribution in [0, 0.1) is 5.92 Å². The van der Waals surface area contributed by atoms with E-state index >= 15 is 0 Å². The number of amides is 2. The van der Waals surface area contributed by atoms with Gasteiger partial charge in [-0.3, -0.25) is 9.59 Å². The van der Waals surface area contributed by atoms with Crippen LogP contribution in [0.3, 0.4) is 0 Å². The molecular weight excluding hydrogens is 428 g/mol. The van der Waals surface area contributed by atoms with Crippen LogP contribution in [0.4, 0.5) is 0 Å². The number of hydrogen-bond acceptors (Lipinski definition) is 4. The zero-order chi connectivity index (χ0) is 26.3. The van der Waals surface area contributed by atoms with Gasteiger partial charge in [-0.15, -0.1) is 0 Å². The quantitative estimate of drug-likeness (QED) is 0.350. The number of ether oxygens (including phenoxy) is 1. The average Bonchev–Trinajstić information content (AvgIpc) is 2.82. The summed E-state index contributed by atoms with van der Waals surface area (Å²) >= 11 is 0. The molecule has 0 bridgehead atoms. The monoisotopic (exact) mass is 474 g/mol. The number of hydrogen-bond donors (Lipinski definition) is 1. The fraction of sp³-hybridized carbons (Fsp3) is 0.607. The molecule has 0 aliphatic rings. The summed E-state index contributed by atoms with van der Waals surface area (Å²) in [6.45, 7) is 15.8. The third-order valence-electron chi connectivity index (χ3n) is 5.91. The van der Waals surface area contributed by atoms with Crippen molar-refractivity contribution < 1.29 is 19.1 Å². The molecule has 0 saturated carbocycles. The molecule has 0 aromatic heterocycles. The topological polar surface area (TPSA) is 75.7 Å². The molecule has 0 unspecified atom stereocenters. The van der Waals surface area contributed by atoms with Gasteiger partial charge in [0.05, 0.1) is 24.6 Å². The van der Waals surface area contributed by atoms with Gasteiger partial charge in [0, 0.05) is 12.6 Å². The van der Waals surface area contributed by atoms with Crippen molar-refractivity contribution >= 4 is 17.8 Å². The number of carbonyl (C=O) groups is 3. The summed E-state index contributed by atoms with van der Waals surface area (Å²) in [7, 11) is 1.69. The predicted molar refractivity (Wildman–Crippen MR) is 139 cm³/mol. The molecule has 0 fully saturated rings. The SMILES string of the molecule is CCC.CCOC(=O)/C(C)=C/[C@H](C(C)C)N(C)C(=O)CNC(=O)C(CC)(CC)c1ccccc1. The Bertz CT molecular complexity index is 783. The maximum atomic E-state index is 13.1. The van der Waals surface area contributed by atoms with Gasteiger partial charge in [-0.25, -0.2) is 4.79 Å². The Morgan fingerprint density at radius 2 is 1.56 bits per heavy atom. The van der Waals surface area contributed by atoms with E-state index in [0.29, 0.717) is 25.0 Å². The van der Waals surface area contributed by atoms with Crippen LogP contribution in [-0.4, -0.2) is 48.9 Å². The molecule has 0 saturated heterocycles. The van der Waals surface area contributed by atoms with E-state index in [0.717, 1.165) is 5.56 Å². The zero-order valence-corrected chi connectivity index (χ0v) is 22.7.